The molecule has 3 aromatic rings. The Kier molecular flexibility index (Phi) is 3.41. The van der Waals surface area contributed by atoms with Crippen LogP contribution in [0.5, 0.6) is 5.75 Å². The normalized spacial score (nSPS) is 16.9. The molecule has 0 bridgehead atoms. The van der Waals surface area contributed by atoms with Gasteiger partial charge in [0.15, 0.2) is 11.2 Å². The smallest absolute Gasteiger partial charge is 0.329 e. The zero-order valence-corrected chi connectivity index (χ0v) is 14.3. The molecular weight excluding hydrogens is 322 g/mol. The fraction of sp³-hybridized carbons (Fsp3) is 0.353. The van der Waals surface area contributed by atoms with E-state index in [1.165, 1.54) is 4.57 Å². The number of nitrogens with one attached hydrogen (secondary N) is 1. The Morgan fingerprint density at radius 1 is 1.28 bits per heavy atom. The van der Waals surface area contributed by atoms with E-state index in [1.54, 1.807) is 14.2 Å². The first-order valence-corrected chi connectivity index (χ1v) is 8.10. The quantitative estimate of drug-likeness (QED) is 0.757. The number of benzene rings is 1. The number of nitrogens with zero attached hydrogens (tertiary/aromatic N) is 4. The van der Waals surface area contributed by atoms with E-state index >= 15 is 0 Å². The first kappa shape index (κ1) is 15.5. The molecule has 0 saturated heterocycles. The molecule has 2 aromatic heterocycles. The first-order valence-electron chi connectivity index (χ1n) is 8.10. The molecule has 1 unspecified atom stereocenters. The second kappa shape index (κ2) is 5.51. The largest absolute Gasteiger partial charge is 0.497 e. The van der Waals surface area contributed by atoms with Crippen molar-refractivity contribution in [3.63, 3.8) is 0 Å². The van der Waals surface area contributed by atoms with Crippen LogP contribution in [0.2, 0.25) is 0 Å². The molecule has 1 aliphatic heterocycles. The molecule has 0 amide bonds. The maximum atomic E-state index is 12.4. The summed E-state index contributed by atoms with van der Waals surface area (Å²) < 4.78 is 8.58. The van der Waals surface area contributed by atoms with Crippen molar-refractivity contribution in [1.82, 2.24) is 19.1 Å². The number of aryl methyl sites for hydroxylation is 1. The van der Waals surface area contributed by atoms with Gasteiger partial charge in [-0.1, -0.05) is 13.0 Å². The number of imidazole rings is 1. The standard InChI is InChI=1S/C17H19N5O3/c1-10-8-21(11-5-4-6-12(7-11)25-3)16-18-14-13(22(16)9-10)15(23)19-17(24)20(14)2/h4-7,10H,8-9H2,1-3H3,(H,19,23,24). The lowest BCUT2D eigenvalue weighted by Gasteiger charge is -2.33. The van der Waals surface area contributed by atoms with Gasteiger partial charge in [-0.05, 0) is 18.1 Å². The Balaban J connectivity index is 1.99. The highest BCUT2D eigenvalue weighted by molar-refractivity contribution is 5.77. The van der Waals surface area contributed by atoms with Crippen molar-refractivity contribution in [3.8, 4) is 5.75 Å². The zero-order valence-electron chi connectivity index (χ0n) is 14.3. The van der Waals surface area contributed by atoms with Gasteiger partial charge >= 0.3 is 5.69 Å². The molecule has 0 radical (unpaired) electrons. The Labute approximate surface area is 143 Å². The monoisotopic (exact) mass is 341 g/mol. The van der Waals surface area contributed by atoms with Gasteiger partial charge < -0.3 is 14.2 Å². The first-order chi connectivity index (χ1) is 12.0. The molecule has 8 nitrogen and oxygen atoms in total. The second-order valence-corrected chi connectivity index (χ2v) is 6.43. The Hall–Kier alpha value is -3.03. The highest BCUT2D eigenvalue weighted by Gasteiger charge is 2.29. The van der Waals surface area contributed by atoms with Crippen molar-refractivity contribution in [2.75, 3.05) is 18.6 Å². The predicted molar refractivity (Wildman–Crippen MR) is 94.8 cm³/mol. The number of rotatable bonds is 2. The lowest BCUT2D eigenvalue weighted by molar-refractivity contribution is 0.414. The zero-order chi connectivity index (χ0) is 17.7. The van der Waals surface area contributed by atoms with E-state index in [1.807, 2.05) is 28.8 Å². The van der Waals surface area contributed by atoms with E-state index in [0.29, 0.717) is 29.6 Å². The van der Waals surface area contributed by atoms with Gasteiger partial charge in [-0.15, -0.1) is 0 Å². The summed E-state index contributed by atoms with van der Waals surface area (Å²) >= 11 is 0. The van der Waals surface area contributed by atoms with Gasteiger partial charge in [0, 0.05) is 31.9 Å². The highest BCUT2D eigenvalue weighted by atomic mass is 16.5. The van der Waals surface area contributed by atoms with E-state index in [2.05, 4.69) is 21.8 Å². The molecule has 4 rings (SSSR count). The van der Waals surface area contributed by atoms with Crippen LogP contribution in [0.3, 0.4) is 0 Å². The van der Waals surface area contributed by atoms with E-state index in [4.69, 9.17) is 4.74 Å². The number of fused-ring (bicyclic) bond motifs is 3. The number of methoxy groups -OCH3 is 1. The minimum Gasteiger partial charge on any atom is -0.497 e. The van der Waals surface area contributed by atoms with Crippen LogP contribution >= 0.6 is 0 Å². The van der Waals surface area contributed by atoms with Crippen LogP contribution in [-0.2, 0) is 13.6 Å². The summed E-state index contributed by atoms with van der Waals surface area (Å²) in [7, 11) is 3.24. The van der Waals surface area contributed by atoms with Gasteiger partial charge in [-0.3, -0.25) is 14.3 Å². The van der Waals surface area contributed by atoms with E-state index < -0.39 is 11.2 Å². The summed E-state index contributed by atoms with van der Waals surface area (Å²) in [5, 5.41) is 0. The van der Waals surface area contributed by atoms with Gasteiger partial charge in [-0.25, -0.2) is 4.79 Å². The number of hydrogen-bond donors (Lipinski definition) is 1. The van der Waals surface area contributed by atoms with E-state index in [0.717, 1.165) is 18.0 Å². The molecule has 0 saturated carbocycles. The SMILES string of the molecule is COc1cccc(N2CC(C)Cn3c2nc2c3c(=O)[nH]c(=O)n2C)c1. The lowest BCUT2D eigenvalue weighted by atomic mass is 10.1. The van der Waals surface area contributed by atoms with Crippen molar-refractivity contribution in [2.24, 2.45) is 13.0 Å². The highest BCUT2D eigenvalue weighted by Crippen LogP contribution is 2.33. The minimum atomic E-state index is -0.464. The van der Waals surface area contributed by atoms with Crippen LogP contribution in [0.1, 0.15) is 6.92 Å². The third-order valence-corrected chi connectivity index (χ3v) is 4.58. The Morgan fingerprint density at radius 3 is 2.84 bits per heavy atom. The van der Waals surface area contributed by atoms with Crippen molar-refractivity contribution < 1.29 is 4.74 Å². The van der Waals surface area contributed by atoms with Crippen molar-refractivity contribution >= 4 is 22.8 Å². The van der Waals surface area contributed by atoms with Gasteiger partial charge in [0.25, 0.3) is 5.56 Å². The van der Waals surface area contributed by atoms with E-state index in [9.17, 15) is 9.59 Å². The van der Waals surface area contributed by atoms with Gasteiger partial charge in [0.05, 0.1) is 7.11 Å². The topological polar surface area (TPSA) is 85.2 Å². The summed E-state index contributed by atoms with van der Waals surface area (Å²) in [6, 6.07) is 7.72. The lowest BCUT2D eigenvalue weighted by Crippen LogP contribution is -2.35. The minimum absolute atomic E-state index is 0.313. The number of anilines is 2. The molecule has 0 fully saturated rings. The third-order valence-electron chi connectivity index (χ3n) is 4.58. The van der Waals surface area contributed by atoms with Crippen LogP contribution in [0.15, 0.2) is 33.9 Å². The maximum absolute atomic E-state index is 12.4. The molecule has 3 heterocycles. The molecule has 1 aliphatic rings. The fourth-order valence-electron chi connectivity index (χ4n) is 3.36. The predicted octanol–water partition coefficient (Wildman–Crippen LogP) is 1.22. The number of H-pyrrole nitrogens is 1. The molecule has 8 heteroatoms. The summed E-state index contributed by atoms with van der Waals surface area (Å²) in [6.07, 6.45) is 0. The van der Waals surface area contributed by atoms with Crippen LogP contribution in [0.25, 0.3) is 11.2 Å². The van der Waals surface area contributed by atoms with Crippen LogP contribution in [-0.4, -0.2) is 32.8 Å². The van der Waals surface area contributed by atoms with E-state index in [-0.39, 0.29) is 0 Å². The van der Waals surface area contributed by atoms with Gasteiger partial charge in [0.2, 0.25) is 5.95 Å². The van der Waals surface area contributed by atoms with Crippen molar-refractivity contribution in [2.45, 2.75) is 13.5 Å². The third kappa shape index (κ3) is 2.33. The molecule has 0 spiro atoms. The molecule has 1 aromatic carbocycles. The Bertz CT molecular complexity index is 1080. The number of ether oxygens (including phenoxy) is 1. The van der Waals surface area contributed by atoms with Gasteiger partial charge in [-0.2, -0.15) is 4.98 Å². The van der Waals surface area contributed by atoms with Crippen LogP contribution in [0, 0.1) is 5.92 Å². The van der Waals surface area contributed by atoms with Crippen LogP contribution < -0.4 is 20.9 Å². The molecule has 1 N–H and O–H groups in total. The second-order valence-electron chi connectivity index (χ2n) is 6.43. The number of aromatic amines is 1. The van der Waals surface area contributed by atoms with Crippen molar-refractivity contribution in [1.29, 1.82) is 0 Å². The molecule has 25 heavy (non-hydrogen) atoms. The van der Waals surface area contributed by atoms with Gasteiger partial charge in [0.1, 0.15) is 5.75 Å². The summed E-state index contributed by atoms with van der Waals surface area (Å²) in [6.45, 7) is 3.56. The number of hydrogen-bond acceptors (Lipinski definition) is 5. The Morgan fingerprint density at radius 2 is 2.08 bits per heavy atom. The molecule has 0 aliphatic carbocycles. The van der Waals surface area contributed by atoms with Crippen molar-refractivity contribution in [3.05, 3.63) is 45.1 Å². The fourth-order valence-corrected chi connectivity index (χ4v) is 3.36. The average Bonchev–Trinajstić information content (AvgIpc) is 2.99. The average molecular weight is 341 g/mol. The molecular formula is C17H19N5O3. The summed E-state index contributed by atoms with van der Waals surface area (Å²) in [5.74, 6) is 1.73. The summed E-state index contributed by atoms with van der Waals surface area (Å²) in [5.41, 5.74) is 0.886. The maximum Gasteiger partial charge on any atom is 0.329 e. The molecule has 130 valence electrons. The number of aromatic nitrogens is 4. The van der Waals surface area contributed by atoms with Crippen LogP contribution in [0.4, 0.5) is 11.6 Å². The molecule has 1 atom stereocenters. The summed E-state index contributed by atoms with van der Waals surface area (Å²) in [4.78, 5) is 33.3.